The van der Waals surface area contributed by atoms with E-state index in [9.17, 15) is 9.59 Å². The third kappa shape index (κ3) is 3.65. The van der Waals surface area contributed by atoms with Crippen molar-refractivity contribution < 1.29 is 24.2 Å². The molecule has 0 heterocycles. The SMILES string of the molecule is COc1ccc(C(=O)NCCC(=O)O)c(OC)c1. The lowest BCUT2D eigenvalue weighted by molar-refractivity contribution is -0.136. The van der Waals surface area contributed by atoms with Crippen molar-refractivity contribution in [2.45, 2.75) is 6.42 Å². The molecule has 0 aromatic heterocycles. The van der Waals surface area contributed by atoms with Crippen LogP contribution in [0.15, 0.2) is 18.2 Å². The van der Waals surface area contributed by atoms with Crippen LogP contribution >= 0.6 is 0 Å². The number of hydrogen-bond acceptors (Lipinski definition) is 4. The Labute approximate surface area is 105 Å². The summed E-state index contributed by atoms with van der Waals surface area (Å²) in [5.41, 5.74) is 0.337. The summed E-state index contributed by atoms with van der Waals surface area (Å²) < 4.78 is 10.1. The van der Waals surface area contributed by atoms with Gasteiger partial charge in [0.1, 0.15) is 11.5 Å². The molecule has 0 spiro atoms. The van der Waals surface area contributed by atoms with Crippen molar-refractivity contribution in [2.24, 2.45) is 0 Å². The predicted molar refractivity (Wildman–Crippen MR) is 64.1 cm³/mol. The highest BCUT2D eigenvalue weighted by atomic mass is 16.5. The smallest absolute Gasteiger partial charge is 0.305 e. The number of carbonyl (C=O) groups excluding carboxylic acids is 1. The minimum atomic E-state index is -0.961. The first-order valence-corrected chi connectivity index (χ1v) is 5.30. The molecule has 0 aliphatic heterocycles. The lowest BCUT2D eigenvalue weighted by atomic mass is 10.1. The summed E-state index contributed by atoms with van der Waals surface area (Å²) in [6.07, 6.45) is -0.121. The number of carbonyl (C=O) groups is 2. The normalized spacial score (nSPS) is 9.67. The number of carboxylic acid groups (broad SMARTS) is 1. The number of hydrogen-bond donors (Lipinski definition) is 2. The van der Waals surface area contributed by atoms with Crippen LogP contribution in [0.5, 0.6) is 11.5 Å². The highest BCUT2D eigenvalue weighted by Gasteiger charge is 2.13. The van der Waals surface area contributed by atoms with E-state index >= 15 is 0 Å². The van der Waals surface area contributed by atoms with Gasteiger partial charge in [-0.05, 0) is 12.1 Å². The minimum absolute atomic E-state index is 0.0728. The molecule has 1 amide bonds. The van der Waals surface area contributed by atoms with Gasteiger partial charge in [0.05, 0.1) is 26.2 Å². The molecule has 18 heavy (non-hydrogen) atoms. The quantitative estimate of drug-likeness (QED) is 0.787. The Balaban J connectivity index is 2.75. The first-order chi connectivity index (χ1) is 8.58. The molecule has 0 aliphatic rings. The van der Waals surface area contributed by atoms with Crippen LogP contribution < -0.4 is 14.8 Å². The van der Waals surface area contributed by atoms with Gasteiger partial charge in [-0.2, -0.15) is 0 Å². The van der Waals surface area contributed by atoms with Crippen LogP contribution in [0.3, 0.4) is 0 Å². The summed E-state index contributed by atoms with van der Waals surface area (Å²) in [6.45, 7) is 0.0728. The second-order valence-electron chi connectivity index (χ2n) is 3.47. The van der Waals surface area contributed by atoms with Crippen LogP contribution in [-0.2, 0) is 4.79 Å². The maximum absolute atomic E-state index is 11.8. The Morgan fingerprint density at radius 3 is 2.56 bits per heavy atom. The largest absolute Gasteiger partial charge is 0.497 e. The maximum atomic E-state index is 11.8. The van der Waals surface area contributed by atoms with Crippen LogP contribution in [0, 0.1) is 0 Å². The zero-order chi connectivity index (χ0) is 13.5. The van der Waals surface area contributed by atoms with Gasteiger partial charge in [0, 0.05) is 12.6 Å². The zero-order valence-corrected chi connectivity index (χ0v) is 10.2. The Morgan fingerprint density at radius 2 is 2.00 bits per heavy atom. The molecule has 1 rings (SSSR count). The monoisotopic (exact) mass is 253 g/mol. The molecule has 0 fully saturated rings. The maximum Gasteiger partial charge on any atom is 0.305 e. The number of aliphatic carboxylic acids is 1. The molecule has 1 aromatic carbocycles. The number of methoxy groups -OCH3 is 2. The van der Waals surface area contributed by atoms with Crippen molar-refractivity contribution in [2.75, 3.05) is 20.8 Å². The van der Waals surface area contributed by atoms with E-state index in [1.54, 1.807) is 18.2 Å². The van der Waals surface area contributed by atoms with Crippen LogP contribution in [0.25, 0.3) is 0 Å². The molecule has 0 unspecified atom stereocenters. The predicted octanol–water partition coefficient (Wildman–Crippen LogP) is 0.908. The summed E-state index contributed by atoms with van der Waals surface area (Å²) in [4.78, 5) is 22.1. The van der Waals surface area contributed by atoms with Gasteiger partial charge >= 0.3 is 5.97 Å². The van der Waals surface area contributed by atoms with E-state index in [1.165, 1.54) is 14.2 Å². The Kier molecular flexibility index (Phi) is 4.98. The van der Waals surface area contributed by atoms with Gasteiger partial charge in [0.25, 0.3) is 5.91 Å². The molecule has 1 aromatic rings. The van der Waals surface area contributed by atoms with Crippen molar-refractivity contribution in [1.82, 2.24) is 5.32 Å². The van der Waals surface area contributed by atoms with Gasteiger partial charge < -0.3 is 19.9 Å². The minimum Gasteiger partial charge on any atom is -0.497 e. The van der Waals surface area contributed by atoms with Crippen molar-refractivity contribution >= 4 is 11.9 Å². The topological polar surface area (TPSA) is 84.9 Å². The fraction of sp³-hybridized carbons (Fsp3) is 0.333. The molecule has 0 saturated heterocycles. The first kappa shape index (κ1) is 13.8. The van der Waals surface area contributed by atoms with E-state index in [1.807, 2.05) is 0 Å². The van der Waals surface area contributed by atoms with E-state index in [0.717, 1.165) is 0 Å². The van der Waals surface area contributed by atoms with Gasteiger partial charge in [-0.3, -0.25) is 9.59 Å². The average molecular weight is 253 g/mol. The number of rotatable bonds is 6. The standard InChI is InChI=1S/C12H15NO5/c1-17-8-3-4-9(10(7-8)18-2)12(16)13-6-5-11(14)15/h3-4,7H,5-6H2,1-2H3,(H,13,16)(H,14,15). The van der Waals surface area contributed by atoms with Crippen LogP contribution in [0.4, 0.5) is 0 Å². The molecule has 0 radical (unpaired) electrons. The lowest BCUT2D eigenvalue weighted by Gasteiger charge is -2.10. The third-order valence-electron chi connectivity index (χ3n) is 2.28. The summed E-state index contributed by atoms with van der Waals surface area (Å²) in [5, 5.41) is 11.0. The Bertz CT molecular complexity index is 444. The Morgan fingerprint density at radius 1 is 1.28 bits per heavy atom. The molecule has 6 nitrogen and oxygen atoms in total. The fourth-order valence-electron chi connectivity index (χ4n) is 1.36. The van der Waals surface area contributed by atoms with E-state index in [2.05, 4.69) is 5.32 Å². The second-order valence-corrected chi connectivity index (χ2v) is 3.47. The highest BCUT2D eigenvalue weighted by molar-refractivity contribution is 5.97. The summed E-state index contributed by atoms with van der Waals surface area (Å²) >= 11 is 0. The van der Waals surface area contributed by atoms with Crippen LogP contribution in [0.2, 0.25) is 0 Å². The van der Waals surface area contributed by atoms with Crippen LogP contribution in [-0.4, -0.2) is 37.7 Å². The second kappa shape index (κ2) is 6.48. The molecular formula is C12H15NO5. The summed E-state index contributed by atoms with van der Waals surface area (Å²) in [5.74, 6) is -0.385. The zero-order valence-electron chi connectivity index (χ0n) is 10.2. The van der Waals surface area contributed by atoms with Gasteiger partial charge in [-0.25, -0.2) is 0 Å². The van der Waals surface area contributed by atoms with Crippen molar-refractivity contribution in [1.29, 1.82) is 0 Å². The molecular weight excluding hydrogens is 238 g/mol. The lowest BCUT2D eigenvalue weighted by Crippen LogP contribution is -2.26. The fourth-order valence-corrected chi connectivity index (χ4v) is 1.36. The first-order valence-electron chi connectivity index (χ1n) is 5.30. The van der Waals surface area contributed by atoms with Gasteiger partial charge in [0.2, 0.25) is 0 Å². The Hall–Kier alpha value is -2.24. The number of amides is 1. The van der Waals surface area contributed by atoms with Crippen molar-refractivity contribution in [3.8, 4) is 11.5 Å². The van der Waals surface area contributed by atoms with E-state index in [4.69, 9.17) is 14.6 Å². The molecule has 0 aliphatic carbocycles. The van der Waals surface area contributed by atoms with Gasteiger partial charge in [-0.1, -0.05) is 0 Å². The third-order valence-corrected chi connectivity index (χ3v) is 2.28. The van der Waals surface area contributed by atoms with E-state index in [0.29, 0.717) is 17.1 Å². The molecule has 0 atom stereocenters. The number of benzene rings is 1. The van der Waals surface area contributed by atoms with Crippen molar-refractivity contribution in [3.63, 3.8) is 0 Å². The molecule has 0 bridgehead atoms. The molecule has 98 valence electrons. The number of carboxylic acids is 1. The summed E-state index contributed by atoms with van der Waals surface area (Å²) in [7, 11) is 2.96. The van der Waals surface area contributed by atoms with Gasteiger partial charge in [-0.15, -0.1) is 0 Å². The molecule has 6 heteroatoms. The van der Waals surface area contributed by atoms with Crippen LogP contribution in [0.1, 0.15) is 16.8 Å². The molecule has 2 N–H and O–H groups in total. The summed E-state index contributed by atoms with van der Waals surface area (Å²) in [6, 6.07) is 4.79. The molecule has 0 saturated carbocycles. The number of ether oxygens (including phenoxy) is 2. The van der Waals surface area contributed by atoms with Crippen molar-refractivity contribution in [3.05, 3.63) is 23.8 Å². The van der Waals surface area contributed by atoms with Gasteiger partial charge in [0.15, 0.2) is 0 Å². The average Bonchev–Trinajstić information content (AvgIpc) is 2.37. The number of nitrogens with one attached hydrogen (secondary N) is 1. The highest BCUT2D eigenvalue weighted by Crippen LogP contribution is 2.24. The van der Waals surface area contributed by atoms with E-state index < -0.39 is 5.97 Å². The van der Waals surface area contributed by atoms with E-state index in [-0.39, 0.29) is 18.9 Å².